The first-order valence-corrected chi connectivity index (χ1v) is 4.01. The molecule has 2 atom stereocenters. The largest absolute Gasteiger partial charge is 0.381 e. The van der Waals surface area contributed by atoms with Crippen LogP contribution in [0, 0.1) is 0 Å². The van der Waals surface area contributed by atoms with Gasteiger partial charge in [0.1, 0.15) is 5.44 Å². The molecule has 1 saturated heterocycles. The summed E-state index contributed by atoms with van der Waals surface area (Å²) in [7, 11) is -1.44. The Hall–Kier alpha value is 0.270. The summed E-state index contributed by atoms with van der Waals surface area (Å²) in [5.74, 6) is 0.632. The van der Waals surface area contributed by atoms with Crippen molar-refractivity contribution in [1.82, 2.24) is 0 Å². The van der Waals surface area contributed by atoms with E-state index in [1.807, 2.05) is 0 Å². The number of hydrogen-bond acceptors (Lipinski definition) is 2. The summed E-state index contributed by atoms with van der Waals surface area (Å²) in [5, 5.41) is 8.48. The van der Waals surface area contributed by atoms with Crippen LogP contribution in [0.4, 0.5) is 0 Å². The monoisotopic (exact) mass is 108 g/mol. The van der Waals surface area contributed by atoms with Crippen molar-refractivity contribution in [2.45, 2.75) is 5.44 Å². The first-order valence-electron chi connectivity index (χ1n) is 1.78. The molecule has 2 unspecified atom stereocenters. The Bertz CT molecular complexity index is 71.2. The number of rotatable bonds is 0. The highest BCUT2D eigenvalue weighted by molar-refractivity contribution is 8.34. The zero-order valence-electron chi connectivity index (χ0n) is 3.59. The smallest absolute Gasteiger partial charge is 0.114 e. The molecule has 1 aliphatic heterocycles. The first kappa shape index (κ1) is 4.43. The van der Waals surface area contributed by atoms with E-state index >= 15 is 0 Å². The Labute approximate surface area is 38.3 Å². The molecule has 1 rings (SSSR count). The molecule has 0 spiro atoms. The van der Waals surface area contributed by atoms with Crippen LogP contribution in [-0.2, 0) is 0 Å². The fraction of sp³-hybridized carbons (Fsp3) is 1.00. The molecule has 0 saturated carbocycles. The quantitative estimate of drug-likeness (QED) is 0.436. The Morgan fingerprint density at radius 1 is 1.83 bits per heavy atom. The molecular weight excluding hydrogens is 100 g/mol. The van der Waals surface area contributed by atoms with Gasteiger partial charge >= 0.3 is 0 Å². The molecule has 0 amide bonds. The molecule has 2 nitrogen and oxygen atoms in total. The average Bonchev–Trinajstić information content (AvgIpc) is 1.73. The van der Waals surface area contributed by atoms with Crippen LogP contribution in [-0.4, -0.2) is 27.1 Å². The predicted molar refractivity (Wildman–Crippen MR) is 27.0 cm³/mol. The van der Waals surface area contributed by atoms with E-state index in [0.29, 0.717) is 5.75 Å². The first-order chi connectivity index (χ1) is 2.63. The van der Waals surface area contributed by atoms with Gasteiger partial charge in [0.25, 0.3) is 0 Å². The van der Waals surface area contributed by atoms with Crippen molar-refractivity contribution in [3.8, 4) is 0 Å². The van der Waals surface area contributed by atoms with Crippen LogP contribution in [0.2, 0.25) is 0 Å². The second-order valence-electron chi connectivity index (χ2n) is 1.73. The van der Waals surface area contributed by atoms with Gasteiger partial charge < -0.3 is 9.66 Å². The minimum absolute atomic E-state index is 0.363. The van der Waals surface area contributed by atoms with Gasteiger partial charge in [-0.1, -0.05) is 0 Å². The van der Waals surface area contributed by atoms with E-state index < -0.39 is 10.3 Å². The van der Waals surface area contributed by atoms with Crippen molar-refractivity contribution in [2.75, 3.05) is 12.0 Å². The SMILES string of the molecule is CS1(O)CC1O. The third-order valence-corrected chi connectivity index (χ3v) is 2.85. The molecule has 2 N–H and O–H groups in total. The maximum Gasteiger partial charge on any atom is 0.114 e. The minimum Gasteiger partial charge on any atom is -0.381 e. The van der Waals surface area contributed by atoms with Crippen LogP contribution in [0.25, 0.3) is 0 Å². The van der Waals surface area contributed by atoms with Crippen molar-refractivity contribution >= 4 is 10.3 Å². The second kappa shape index (κ2) is 0.911. The third-order valence-electron chi connectivity index (χ3n) is 0.951. The van der Waals surface area contributed by atoms with Crippen molar-refractivity contribution in [1.29, 1.82) is 0 Å². The lowest BCUT2D eigenvalue weighted by atomic mass is 10.9. The van der Waals surface area contributed by atoms with E-state index in [4.69, 9.17) is 9.66 Å². The highest BCUT2D eigenvalue weighted by Crippen LogP contribution is 2.59. The van der Waals surface area contributed by atoms with Gasteiger partial charge in [-0.3, -0.25) is 0 Å². The summed E-state index contributed by atoms with van der Waals surface area (Å²) < 4.78 is 8.73. The topological polar surface area (TPSA) is 40.5 Å². The highest BCUT2D eigenvalue weighted by atomic mass is 32.3. The molecule has 0 aliphatic carbocycles. The molecule has 1 heterocycles. The van der Waals surface area contributed by atoms with Crippen LogP contribution in [0.1, 0.15) is 0 Å². The van der Waals surface area contributed by atoms with Gasteiger partial charge in [0.15, 0.2) is 0 Å². The summed E-state index contributed by atoms with van der Waals surface area (Å²) in [6.45, 7) is 0. The van der Waals surface area contributed by atoms with Gasteiger partial charge in [-0.05, 0) is 6.26 Å². The molecule has 38 valence electrons. The Morgan fingerprint density at radius 3 is 2.00 bits per heavy atom. The van der Waals surface area contributed by atoms with E-state index in [9.17, 15) is 0 Å². The van der Waals surface area contributed by atoms with Crippen molar-refractivity contribution in [3.63, 3.8) is 0 Å². The van der Waals surface area contributed by atoms with Crippen LogP contribution in [0.5, 0.6) is 0 Å². The van der Waals surface area contributed by atoms with Gasteiger partial charge in [0, 0.05) is 5.75 Å². The molecule has 3 heteroatoms. The molecular formula is C3H8O2S. The maximum absolute atomic E-state index is 8.73. The molecule has 1 fully saturated rings. The van der Waals surface area contributed by atoms with E-state index in [0.717, 1.165) is 0 Å². The lowest BCUT2D eigenvalue weighted by Gasteiger charge is -1.98. The lowest BCUT2D eigenvalue weighted by molar-refractivity contribution is 0.308. The molecule has 0 bridgehead atoms. The average molecular weight is 108 g/mol. The molecule has 0 aromatic carbocycles. The predicted octanol–water partition coefficient (Wildman–Crippen LogP) is 0.226. The fourth-order valence-electron chi connectivity index (χ4n) is 0.249. The lowest BCUT2D eigenvalue weighted by Crippen LogP contribution is -1.78. The van der Waals surface area contributed by atoms with Gasteiger partial charge in [-0.25, -0.2) is 0 Å². The maximum atomic E-state index is 8.73. The van der Waals surface area contributed by atoms with E-state index in [1.54, 1.807) is 6.26 Å². The number of aliphatic hydroxyl groups excluding tert-OH is 1. The van der Waals surface area contributed by atoms with Crippen molar-refractivity contribution in [3.05, 3.63) is 0 Å². The van der Waals surface area contributed by atoms with E-state index in [1.165, 1.54) is 0 Å². The second-order valence-corrected chi connectivity index (χ2v) is 4.82. The zero-order valence-corrected chi connectivity index (χ0v) is 4.40. The summed E-state index contributed by atoms with van der Waals surface area (Å²) >= 11 is 0. The highest BCUT2D eigenvalue weighted by Gasteiger charge is 2.41. The standard InChI is InChI=1S/C3H8O2S/c1-6(5)2-3(6)4/h3-5H,2H2,1H3. The number of hydrogen-bond donors (Lipinski definition) is 2. The van der Waals surface area contributed by atoms with Gasteiger partial charge in [0.2, 0.25) is 0 Å². The molecule has 0 radical (unpaired) electrons. The van der Waals surface area contributed by atoms with E-state index in [-0.39, 0.29) is 5.44 Å². The molecule has 0 aromatic rings. The molecule has 1 aliphatic rings. The summed E-state index contributed by atoms with van der Waals surface area (Å²) in [4.78, 5) is 0. The van der Waals surface area contributed by atoms with Gasteiger partial charge in [0.05, 0.1) is 0 Å². The minimum atomic E-state index is -1.44. The van der Waals surface area contributed by atoms with E-state index in [2.05, 4.69) is 0 Å². The van der Waals surface area contributed by atoms with Crippen molar-refractivity contribution < 1.29 is 9.66 Å². The number of aliphatic hydroxyl groups is 1. The normalized spacial score (nSPS) is 66.2. The summed E-state index contributed by atoms with van der Waals surface area (Å²) in [6.07, 6.45) is 1.71. The molecule has 0 aromatic heterocycles. The molecule has 6 heavy (non-hydrogen) atoms. The third kappa shape index (κ3) is 0.531. The Balaban J connectivity index is 2.41. The summed E-state index contributed by atoms with van der Waals surface area (Å²) in [6, 6.07) is 0. The van der Waals surface area contributed by atoms with Crippen LogP contribution in [0.15, 0.2) is 0 Å². The van der Waals surface area contributed by atoms with Gasteiger partial charge in [-0.15, -0.1) is 10.3 Å². The van der Waals surface area contributed by atoms with Gasteiger partial charge in [-0.2, -0.15) is 0 Å². The Kier molecular flexibility index (Phi) is 0.673. The van der Waals surface area contributed by atoms with Crippen LogP contribution < -0.4 is 0 Å². The van der Waals surface area contributed by atoms with Crippen molar-refractivity contribution in [2.24, 2.45) is 0 Å². The van der Waals surface area contributed by atoms with Crippen LogP contribution in [0.3, 0.4) is 0 Å². The summed E-state index contributed by atoms with van der Waals surface area (Å²) in [5.41, 5.74) is -0.363. The van der Waals surface area contributed by atoms with Crippen LogP contribution >= 0.6 is 10.3 Å². The fourth-order valence-corrected chi connectivity index (χ4v) is 1.34. The Morgan fingerprint density at radius 2 is 2.00 bits per heavy atom. The zero-order chi connectivity index (χ0) is 4.78.